The number of amides is 1. The number of hydrogen-bond donors (Lipinski definition) is 0. The molecule has 0 aromatic carbocycles. The van der Waals surface area contributed by atoms with Gasteiger partial charge in [0.15, 0.2) is 9.84 Å². The standard InChI is InChI=1S/C10H18N2O4S/c1-12(6-3-5-11)10(13)9-17(14,15)8-4-7-16-2/h3-4,6-9H2,1-2H3. The molecule has 0 aromatic heterocycles. The molecule has 0 fully saturated rings. The van der Waals surface area contributed by atoms with E-state index in [9.17, 15) is 13.2 Å². The van der Waals surface area contributed by atoms with E-state index in [0.29, 0.717) is 13.0 Å². The van der Waals surface area contributed by atoms with Crippen molar-refractivity contribution in [3.05, 3.63) is 0 Å². The van der Waals surface area contributed by atoms with E-state index < -0.39 is 21.5 Å². The lowest BCUT2D eigenvalue weighted by Gasteiger charge is -2.15. The van der Waals surface area contributed by atoms with E-state index in [4.69, 9.17) is 10.00 Å². The first-order chi connectivity index (χ1) is 7.93. The Balaban J connectivity index is 4.13. The van der Waals surface area contributed by atoms with E-state index in [1.54, 1.807) is 0 Å². The van der Waals surface area contributed by atoms with Crippen LogP contribution in [0.2, 0.25) is 0 Å². The zero-order valence-corrected chi connectivity index (χ0v) is 11.0. The maximum atomic E-state index is 11.5. The van der Waals surface area contributed by atoms with E-state index in [0.717, 1.165) is 0 Å². The molecule has 0 N–H and O–H groups in total. The van der Waals surface area contributed by atoms with Gasteiger partial charge >= 0.3 is 0 Å². The molecule has 0 aliphatic carbocycles. The number of nitrogens with zero attached hydrogens (tertiary/aromatic N) is 2. The Morgan fingerprint density at radius 2 is 2.12 bits per heavy atom. The lowest BCUT2D eigenvalue weighted by Crippen LogP contribution is -2.34. The third-order valence-electron chi connectivity index (χ3n) is 2.13. The molecule has 0 heterocycles. The van der Waals surface area contributed by atoms with E-state index in [2.05, 4.69) is 0 Å². The maximum absolute atomic E-state index is 11.5. The minimum absolute atomic E-state index is 0.0569. The van der Waals surface area contributed by atoms with Crippen molar-refractivity contribution in [3.63, 3.8) is 0 Å². The van der Waals surface area contributed by atoms with Gasteiger partial charge in [-0.3, -0.25) is 4.79 Å². The average molecular weight is 262 g/mol. The molecule has 0 aromatic rings. The van der Waals surface area contributed by atoms with Crippen LogP contribution in [-0.4, -0.2) is 58.0 Å². The minimum Gasteiger partial charge on any atom is -0.385 e. The van der Waals surface area contributed by atoms with Gasteiger partial charge < -0.3 is 9.64 Å². The molecule has 98 valence electrons. The molecule has 7 heteroatoms. The molecule has 0 saturated heterocycles. The van der Waals surface area contributed by atoms with Gasteiger partial charge in [-0.1, -0.05) is 0 Å². The van der Waals surface area contributed by atoms with Gasteiger partial charge in [0.1, 0.15) is 5.75 Å². The summed E-state index contributed by atoms with van der Waals surface area (Å²) < 4.78 is 27.8. The molecule has 0 atom stereocenters. The fourth-order valence-corrected chi connectivity index (χ4v) is 2.43. The maximum Gasteiger partial charge on any atom is 0.237 e. The molecule has 0 aliphatic rings. The molecule has 17 heavy (non-hydrogen) atoms. The third kappa shape index (κ3) is 7.71. The van der Waals surface area contributed by atoms with Crippen LogP contribution in [0.4, 0.5) is 0 Å². The second kappa shape index (κ2) is 8.03. The summed E-state index contributed by atoms with van der Waals surface area (Å²) in [4.78, 5) is 12.8. The molecule has 0 radical (unpaired) electrons. The van der Waals surface area contributed by atoms with Gasteiger partial charge in [-0.15, -0.1) is 0 Å². The van der Waals surface area contributed by atoms with Gasteiger partial charge in [-0.05, 0) is 6.42 Å². The highest BCUT2D eigenvalue weighted by Crippen LogP contribution is 1.98. The first-order valence-corrected chi connectivity index (χ1v) is 7.05. The Labute approximate surface area is 102 Å². The molecule has 0 spiro atoms. The largest absolute Gasteiger partial charge is 0.385 e. The summed E-state index contributed by atoms with van der Waals surface area (Å²) in [6.07, 6.45) is 0.583. The number of sulfone groups is 1. The summed E-state index contributed by atoms with van der Waals surface area (Å²) >= 11 is 0. The van der Waals surface area contributed by atoms with Crippen molar-refractivity contribution in [1.82, 2.24) is 4.90 Å². The number of ether oxygens (including phenoxy) is 1. The molecule has 0 rings (SSSR count). The van der Waals surface area contributed by atoms with Crippen LogP contribution in [0.25, 0.3) is 0 Å². The zero-order chi connectivity index (χ0) is 13.3. The average Bonchev–Trinajstić information content (AvgIpc) is 2.25. The van der Waals surface area contributed by atoms with Crippen molar-refractivity contribution in [3.8, 4) is 6.07 Å². The highest BCUT2D eigenvalue weighted by molar-refractivity contribution is 7.92. The van der Waals surface area contributed by atoms with Crippen LogP contribution < -0.4 is 0 Å². The number of carbonyl (C=O) groups excluding carboxylic acids is 1. The van der Waals surface area contributed by atoms with Gasteiger partial charge in [-0.25, -0.2) is 8.42 Å². The number of carbonyl (C=O) groups is 1. The summed E-state index contributed by atoms with van der Waals surface area (Å²) in [5.74, 6) is -1.03. The number of hydrogen-bond acceptors (Lipinski definition) is 5. The highest BCUT2D eigenvalue weighted by atomic mass is 32.2. The van der Waals surface area contributed by atoms with Crippen molar-refractivity contribution >= 4 is 15.7 Å². The smallest absolute Gasteiger partial charge is 0.237 e. The van der Waals surface area contributed by atoms with E-state index in [1.165, 1.54) is 19.1 Å². The Kier molecular flexibility index (Phi) is 7.50. The van der Waals surface area contributed by atoms with Crippen LogP contribution in [0.3, 0.4) is 0 Å². The SMILES string of the molecule is COCCCS(=O)(=O)CC(=O)N(C)CCC#N. The first-order valence-electron chi connectivity index (χ1n) is 5.23. The highest BCUT2D eigenvalue weighted by Gasteiger charge is 2.19. The summed E-state index contributed by atoms with van der Waals surface area (Å²) in [5, 5.41) is 8.35. The molecule has 1 amide bonds. The number of nitriles is 1. The van der Waals surface area contributed by atoms with Crippen molar-refractivity contribution < 1.29 is 17.9 Å². The molecule has 0 aliphatic heterocycles. The van der Waals surface area contributed by atoms with Gasteiger partial charge in [0.25, 0.3) is 0 Å². The molecule has 6 nitrogen and oxygen atoms in total. The summed E-state index contributed by atoms with van der Waals surface area (Å²) in [6.45, 7) is 0.612. The Hall–Kier alpha value is -1.13. The second-order valence-corrected chi connectivity index (χ2v) is 5.85. The van der Waals surface area contributed by atoms with Gasteiger partial charge in [0, 0.05) is 27.3 Å². The fraction of sp³-hybridized carbons (Fsp3) is 0.800. The van der Waals surface area contributed by atoms with Crippen molar-refractivity contribution in [2.45, 2.75) is 12.8 Å². The van der Waals surface area contributed by atoms with Crippen molar-refractivity contribution in [2.24, 2.45) is 0 Å². The first kappa shape index (κ1) is 15.9. The van der Waals surface area contributed by atoms with E-state index >= 15 is 0 Å². The summed E-state index contributed by atoms with van der Waals surface area (Å²) in [6, 6.07) is 1.90. The van der Waals surface area contributed by atoms with Crippen LogP contribution in [0.1, 0.15) is 12.8 Å². The predicted molar refractivity (Wildman–Crippen MR) is 63.0 cm³/mol. The zero-order valence-electron chi connectivity index (χ0n) is 10.2. The molecule has 0 bridgehead atoms. The fourth-order valence-electron chi connectivity index (χ4n) is 1.14. The number of methoxy groups -OCH3 is 1. The van der Waals surface area contributed by atoms with Gasteiger partial charge in [0.2, 0.25) is 5.91 Å². The normalized spacial score (nSPS) is 10.9. The Morgan fingerprint density at radius 1 is 1.47 bits per heavy atom. The topological polar surface area (TPSA) is 87.5 Å². The molecule has 0 unspecified atom stereocenters. The quantitative estimate of drug-likeness (QED) is 0.566. The predicted octanol–water partition coefficient (Wildman–Crippen LogP) is -0.190. The van der Waals surface area contributed by atoms with Crippen LogP contribution in [0.5, 0.6) is 0 Å². The lowest BCUT2D eigenvalue weighted by molar-refractivity contribution is -0.127. The van der Waals surface area contributed by atoms with Crippen LogP contribution in [0.15, 0.2) is 0 Å². The van der Waals surface area contributed by atoms with Gasteiger partial charge in [-0.2, -0.15) is 5.26 Å². The van der Waals surface area contributed by atoms with E-state index in [1.807, 2.05) is 6.07 Å². The summed E-state index contributed by atoms with van der Waals surface area (Å²) in [7, 11) is -0.393. The van der Waals surface area contributed by atoms with Crippen LogP contribution >= 0.6 is 0 Å². The molecular formula is C10H18N2O4S. The van der Waals surface area contributed by atoms with E-state index in [-0.39, 0.29) is 18.7 Å². The van der Waals surface area contributed by atoms with Crippen LogP contribution in [-0.2, 0) is 19.4 Å². The molecule has 0 saturated carbocycles. The van der Waals surface area contributed by atoms with Crippen LogP contribution in [0, 0.1) is 11.3 Å². The lowest BCUT2D eigenvalue weighted by atomic mass is 10.4. The van der Waals surface area contributed by atoms with Gasteiger partial charge in [0.05, 0.1) is 18.2 Å². The minimum atomic E-state index is -3.38. The van der Waals surface area contributed by atoms with Crippen molar-refractivity contribution in [1.29, 1.82) is 5.26 Å². The summed E-state index contributed by atoms with van der Waals surface area (Å²) in [5.41, 5.74) is 0. The number of rotatable bonds is 8. The second-order valence-electron chi connectivity index (χ2n) is 3.66. The monoisotopic (exact) mass is 262 g/mol. The van der Waals surface area contributed by atoms with Crippen molar-refractivity contribution in [2.75, 3.05) is 38.8 Å². The third-order valence-corrected chi connectivity index (χ3v) is 3.73. The molecular weight excluding hydrogens is 244 g/mol. The Morgan fingerprint density at radius 3 is 2.65 bits per heavy atom. The Bertz CT molecular complexity index is 372.